The molecule has 14 heavy (non-hydrogen) atoms. The van der Waals surface area contributed by atoms with Crippen LogP contribution < -0.4 is 5.73 Å². The zero-order valence-corrected chi connectivity index (χ0v) is 8.90. The number of nitrogens with zero attached hydrogens (tertiary/aromatic N) is 1. The van der Waals surface area contributed by atoms with Crippen molar-refractivity contribution < 1.29 is 0 Å². The lowest BCUT2D eigenvalue weighted by molar-refractivity contribution is 0.441. The van der Waals surface area contributed by atoms with Crippen LogP contribution in [0.5, 0.6) is 0 Å². The average Bonchev–Trinajstić information content (AvgIpc) is 2.27. The first-order valence-corrected chi connectivity index (χ1v) is 5.05. The number of rotatable bonds is 4. The predicted octanol–water partition coefficient (Wildman–Crippen LogP) is 2.29. The molecule has 0 fully saturated rings. The topological polar surface area (TPSA) is 29.3 Å². The van der Waals surface area contributed by atoms with Crippen molar-refractivity contribution in [2.45, 2.75) is 13.8 Å². The molecule has 0 aliphatic heterocycles. The highest BCUT2D eigenvalue weighted by atomic mass is 15.1. The van der Waals surface area contributed by atoms with E-state index < -0.39 is 0 Å². The zero-order valence-electron chi connectivity index (χ0n) is 8.90. The van der Waals surface area contributed by atoms with Crippen LogP contribution >= 0.6 is 0 Å². The van der Waals surface area contributed by atoms with Crippen LogP contribution in [0.15, 0.2) is 36.5 Å². The van der Waals surface area contributed by atoms with E-state index in [4.69, 9.17) is 5.73 Å². The van der Waals surface area contributed by atoms with Gasteiger partial charge in [-0.15, -0.1) is 0 Å². The van der Waals surface area contributed by atoms with Crippen LogP contribution in [-0.4, -0.2) is 18.0 Å². The molecule has 76 valence electrons. The van der Waals surface area contributed by atoms with E-state index in [9.17, 15) is 0 Å². The third-order valence-electron chi connectivity index (χ3n) is 2.33. The Kier molecular flexibility index (Phi) is 4.05. The molecule has 0 aliphatic carbocycles. The molecule has 0 unspecified atom stereocenters. The van der Waals surface area contributed by atoms with Crippen molar-refractivity contribution in [2.75, 3.05) is 13.1 Å². The molecular formula is C12H18N2. The van der Waals surface area contributed by atoms with E-state index in [0.29, 0.717) is 0 Å². The molecule has 1 aromatic carbocycles. The molecule has 0 bridgehead atoms. The number of benzene rings is 1. The van der Waals surface area contributed by atoms with Gasteiger partial charge >= 0.3 is 0 Å². The third-order valence-corrected chi connectivity index (χ3v) is 2.33. The molecule has 0 amide bonds. The lowest BCUT2D eigenvalue weighted by atomic mass is 10.1. The monoisotopic (exact) mass is 190 g/mol. The van der Waals surface area contributed by atoms with Gasteiger partial charge in [0.05, 0.1) is 5.70 Å². The molecule has 0 aromatic heterocycles. The fraction of sp³-hybridized carbons (Fsp3) is 0.333. The second-order valence-electron chi connectivity index (χ2n) is 3.09. The molecule has 0 aliphatic rings. The first-order chi connectivity index (χ1) is 6.83. The Bertz CT molecular complexity index is 286. The highest BCUT2D eigenvalue weighted by molar-refractivity contribution is 5.63. The summed E-state index contributed by atoms with van der Waals surface area (Å²) >= 11 is 0. The number of nitrogens with two attached hydrogens (primary N) is 1. The SMILES string of the molecule is CCN(CC)C(=CN)c1ccccc1. The molecule has 1 aromatic rings. The third kappa shape index (κ3) is 2.28. The lowest BCUT2D eigenvalue weighted by Gasteiger charge is -2.24. The molecule has 0 saturated heterocycles. The highest BCUT2D eigenvalue weighted by Crippen LogP contribution is 2.16. The Morgan fingerprint density at radius 3 is 2.21 bits per heavy atom. The molecule has 0 atom stereocenters. The fourth-order valence-electron chi connectivity index (χ4n) is 1.56. The van der Waals surface area contributed by atoms with Crippen LogP contribution in [0.1, 0.15) is 19.4 Å². The molecule has 0 spiro atoms. The zero-order chi connectivity index (χ0) is 10.4. The maximum atomic E-state index is 5.65. The Hall–Kier alpha value is -1.44. The van der Waals surface area contributed by atoms with Crippen LogP contribution in [0.4, 0.5) is 0 Å². The maximum absolute atomic E-state index is 5.65. The minimum atomic E-state index is 0.981. The summed E-state index contributed by atoms with van der Waals surface area (Å²) < 4.78 is 0. The van der Waals surface area contributed by atoms with Crippen LogP contribution in [0.2, 0.25) is 0 Å². The summed E-state index contributed by atoms with van der Waals surface area (Å²) in [5.74, 6) is 0. The molecule has 0 saturated carbocycles. The first-order valence-electron chi connectivity index (χ1n) is 5.05. The van der Waals surface area contributed by atoms with Crippen molar-refractivity contribution >= 4 is 5.70 Å². The van der Waals surface area contributed by atoms with Gasteiger partial charge in [0.15, 0.2) is 0 Å². The number of hydrogen-bond acceptors (Lipinski definition) is 2. The minimum Gasteiger partial charge on any atom is -0.403 e. The predicted molar refractivity (Wildman–Crippen MR) is 61.5 cm³/mol. The molecule has 2 nitrogen and oxygen atoms in total. The van der Waals surface area contributed by atoms with Crippen molar-refractivity contribution in [1.29, 1.82) is 0 Å². The largest absolute Gasteiger partial charge is 0.403 e. The Balaban J connectivity index is 2.94. The van der Waals surface area contributed by atoms with E-state index in [-0.39, 0.29) is 0 Å². The van der Waals surface area contributed by atoms with E-state index in [2.05, 4.69) is 30.9 Å². The van der Waals surface area contributed by atoms with Crippen molar-refractivity contribution in [2.24, 2.45) is 5.73 Å². The van der Waals surface area contributed by atoms with Crippen LogP contribution in [0, 0.1) is 0 Å². The van der Waals surface area contributed by atoms with Crippen molar-refractivity contribution in [3.8, 4) is 0 Å². The second-order valence-corrected chi connectivity index (χ2v) is 3.09. The smallest absolute Gasteiger partial charge is 0.0597 e. The summed E-state index contributed by atoms with van der Waals surface area (Å²) in [5.41, 5.74) is 7.94. The minimum absolute atomic E-state index is 0.981. The Morgan fingerprint density at radius 2 is 1.79 bits per heavy atom. The van der Waals surface area contributed by atoms with Gasteiger partial charge in [0, 0.05) is 19.3 Å². The summed E-state index contributed by atoms with van der Waals surface area (Å²) in [6, 6.07) is 10.2. The average molecular weight is 190 g/mol. The van der Waals surface area contributed by atoms with E-state index in [0.717, 1.165) is 18.8 Å². The fourth-order valence-corrected chi connectivity index (χ4v) is 1.56. The van der Waals surface area contributed by atoms with E-state index in [1.165, 1.54) is 5.56 Å². The van der Waals surface area contributed by atoms with Gasteiger partial charge in [0.25, 0.3) is 0 Å². The summed E-state index contributed by atoms with van der Waals surface area (Å²) in [6.07, 6.45) is 1.68. The second kappa shape index (κ2) is 5.32. The van der Waals surface area contributed by atoms with Crippen molar-refractivity contribution in [3.05, 3.63) is 42.1 Å². The van der Waals surface area contributed by atoms with Crippen LogP contribution in [0.25, 0.3) is 5.70 Å². The highest BCUT2D eigenvalue weighted by Gasteiger charge is 2.06. The maximum Gasteiger partial charge on any atom is 0.0597 e. The van der Waals surface area contributed by atoms with Crippen LogP contribution in [-0.2, 0) is 0 Å². The Morgan fingerprint density at radius 1 is 1.21 bits per heavy atom. The van der Waals surface area contributed by atoms with Gasteiger partial charge in [-0.3, -0.25) is 0 Å². The van der Waals surface area contributed by atoms with Gasteiger partial charge < -0.3 is 10.6 Å². The van der Waals surface area contributed by atoms with E-state index in [1.54, 1.807) is 6.20 Å². The number of hydrogen-bond donors (Lipinski definition) is 1. The summed E-state index contributed by atoms with van der Waals surface area (Å²) in [6.45, 7) is 6.23. The van der Waals surface area contributed by atoms with Gasteiger partial charge in [-0.25, -0.2) is 0 Å². The van der Waals surface area contributed by atoms with Gasteiger partial charge in [-0.05, 0) is 19.4 Å². The molecule has 2 heteroatoms. The molecular weight excluding hydrogens is 172 g/mol. The van der Waals surface area contributed by atoms with Gasteiger partial charge in [-0.1, -0.05) is 30.3 Å². The van der Waals surface area contributed by atoms with Gasteiger partial charge in [0.2, 0.25) is 0 Å². The lowest BCUT2D eigenvalue weighted by Crippen LogP contribution is -2.22. The van der Waals surface area contributed by atoms with Gasteiger partial charge in [0.1, 0.15) is 0 Å². The Labute approximate surface area is 86.0 Å². The van der Waals surface area contributed by atoms with Gasteiger partial charge in [-0.2, -0.15) is 0 Å². The molecule has 0 radical (unpaired) electrons. The van der Waals surface area contributed by atoms with E-state index >= 15 is 0 Å². The summed E-state index contributed by atoms with van der Waals surface area (Å²) in [7, 11) is 0. The molecule has 2 N–H and O–H groups in total. The molecule has 0 heterocycles. The summed E-state index contributed by atoms with van der Waals surface area (Å²) in [5, 5.41) is 0. The van der Waals surface area contributed by atoms with Crippen LogP contribution in [0.3, 0.4) is 0 Å². The standard InChI is InChI=1S/C12H18N2/c1-3-14(4-2)12(10-13)11-8-6-5-7-9-11/h5-10H,3-4,13H2,1-2H3. The summed E-state index contributed by atoms with van der Waals surface area (Å²) in [4.78, 5) is 2.25. The quantitative estimate of drug-likeness (QED) is 0.789. The first kappa shape index (κ1) is 10.6. The van der Waals surface area contributed by atoms with Crippen molar-refractivity contribution in [1.82, 2.24) is 4.90 Å². The normalized spacial score (nSPS) is 11.4. The molecule has 1 rings (SSSR count). The van der Waals surface area contributed by atoms with E-state index in [1.807, 2.05) is 18.2 Å². The van der Waals surface area contributed by atoms with Crippen molar-refractivity contribution in [3.63, 3.8) is 0 Å².